The molecule has 4 rings (SSSR count). The quantitative estimate of drug-likeness (QED) is 0.629. The molecule has 2 N–H and O–H groups in total. The molecule has 1 aliphatic heterocycles. The number of carbonyl (C=O) groups excluding carboxylic acids is 1. The van der Waals surface area contributed by atoms with Gasteiger partial charge < -0.3 is 10.4 Å². The Morgan fingerprint density at radius 1 is 1.13 bits per heavy atom. The van der Waals surface area contributed by atoms with Gasteiger partial charge in [0.25, 0.3) is 5.56 Å². The number of carbonyl (C=O) groups is 1. The van der Waals surface area contributed by atoms with Gasteiger partial charge in [-0.1, -0.05) is 24.3 Å². The third kappa shape index (κ3) is 5.15. The van der Waals surface area contributed by atoms with E-state index >= 15 is 0 Å². The van der Waals surface area contributed by atoms with Crippen LogP contribution < -0.4 is 10.9 Å². The van der Waals surface area contributed by atoms with E-state index in [9.17, 15) is 19.1 Å². The first kappa shape index (κ1) is 21.1. The maximum absolute atomic E-state index is 12.9. The molecule has 2 aromatic carbocycles. The molecule has 2 heterocycles. The fourth-order valence-electron chi connectivity index (χ4n) is 3.88. The van der Waals surface area contributed by atoms with E-state index < -0.39 is 5.60 Å². The van der Waals surface area contributed by atoms with Crippen LogP contribution in [-0.2, 0) is 17.9 Å². The third-order valence-corrected chi connectivity index (χ3v) is 5.75. The van der Waals surface area contributed by atoms with Gasteiger partial charge in [-0.05, 0) is 42.7 Å². The van der Waals surface area contributed by atoms with Gasteiger partial charge in [-0.2, -0.15) is 0 Å². The van der Waals surface area contributed by atoms with Crippen LogP contribution in [0.3, 0.4) is 0 Å². The summed E-state index contributed by atoms with van der Waals surface area (Å²) in [6, 6.07) is 13.2. The SMILES string of the molecule is O=C(CN1CCC(O)(Cn2cnc3ccccc3c2=O)CC1)NCc1ccc(F)cc1. The number of para-hydroxylation sites is 1. The van der Waals surface area contributed by atoms with E-state index in [1.54, 1.807) is 30.3 Å². The van der Waals surface area contributed by atoms with Crippen molar-refractivity contribution in [3.8, 4) is 0 Å². The number of hydrogen-bond donors (Lipinski definition) is 2. The maximum Gasteiger partial charge on any atom is 0.261 e. The molecule has 0 unspecified atom stereocenters. The maximum atomic E-state index is 12.9. The molecule has 0 bridgehead atoms. The number of fused-ring (bicyclic) bond motifs is 1. The summed E-state index contributed by atoms with van der Waals surface area (Å²) < 4.78 is 14.4. The van der Waals surface area contributed by atoms with E-state index in [1.165, 1.54) is 23.0 Å². The van der Waals surface area contributed by atoms with Gasteiger partial charge in [0.2, 0.25) is 5.91 Å². The Kier molecular flexibility index (Phi) is 6.11. The second-order valence-corrected chi connectivity index (χ2v) is 8.10. The first-order chi connectivity index (χ1) is 14.9. The smallest absolute Gasteiger partial charge is 0.261 e. The number of nitrogens with one attached hydrogen (secondary N) is 1. The Morgan fingerprint density at radius 2 is 1.84 bits per heavy atom. The van der Waals surface area contributed by atoms with Crippen molar-refractivity contribution in [3.63, 3.8) is 0 Å². The number of piperidine rings is 1. The Bertz CT molecular complexity index is 1120. The van der Waals surface area contributed by atoms with Crippen LogP contribution in [0.25, 0.3) is 10.9 Å². The lowest BCUT2D eigenvalue weighted by Crippen LogP contribution is -2.50. The van der Waals surface area contributed by atoms with Gasteiger partial charge in [0.1, 0.15) is 5.82 Å². The number of aliphatic hydroxyl groups is 1. The molecule has 8 heteroatoms. The molecule has 3 aromatic rings. The largest absolute Gasteiger partial charge is 0.388 e. The highest BCUT2D eigenvalue weighted by atomic mass is 19.1. The van der Waals surface area contributed by atoms with Crippen molar-refractivity contribution in [2.24, 2.45) is 0 Å². The van der Waals surface area contributed by atoms with Crippen LogP contribution in [0.4, 0.5) is 4.39 Å². The van der Waals surface area contributed by atoms with Gasteiger partial charge >= 0.3 is 0 Å². The summed E-state index contributed by atoms with van der Waals surface area (Å²) in [6.07, 6.45) is 2.40. The molecule has 7 nitrogen and oxygen atoms in total. The minimum absolute atomic E-state index is 0.121. The highest BCUT2D eigenvalue weighted by molar-refractivity contribution is 5.78. The zero-order valence-corrected chi connectivity index (χ0v) is 17.1. The van der Waals surface area contributed by atoms with Crippen LogP contribution in [0.1, 0.15) is 18.4 Å². The van der Waals surface area contributed by atoms with Crippen LogP contribution in [0, 0.1) is 5.82 Å². The zero-order chi connectivity index (χ0) is 21.8. The zero-order valence-electron chi connectivity index (χ0n) is 17.1. The lowest BCUT2D eigenvalue weighted by molar-refractivity contribution is -0.123. The Morgan fingerprint density at radius 3 is 2.58 bits per heavy atom. The third-order valence-electron chi connectivity index (χ3n) is 5.75. The van der Waals surface area contributed by atoms with Crippen LogP contribution in [0.15, 0.2) is 59.7 Å². The van der Waals surface area contributed by atoms with Crippen molar-refractivity contribution in [2.75, 3.05) is 19.6 Å². The molecular formula is C23H25FN4O3. The average molecular weight is 424 g/mol. The molecular weight excluding hydrogens is 399 g/mol. The first-order valence-electron chi connectivity index (χ1n) is 10.3. The molecule has 162 valence electrons. The van der Waals surface area contributed by atoms with E-state index in [0.29, 0.717) is 43.4 Å². The van der Waals surface area contributed by atoms with Crippen molar-refractivity contribution >= 4 is 16.8 Å². The van der Waals surface area contributed by atoms with E-state index in [4.69, 9.17) is 0 Å². The van der Waals surface area contributed by atoms with Crippen LogP contribution in [0.2, 0.25) is 0 Å². The number of aromatic nitrogens is 2. The number of halogens is 1. The van der Waals surface area contributed by atoms with Crippen molar-refractivity contribution in [1.29, 1.82) is 0 Å². The summed E-state index contributed by atoms with van der Waals surface area (Å²) in [5, 5.41) is 14.4. The van der Waals surface area contributed by atoms with E-state index in [0.717, 1.165) is 5.56 Å². The van der Waals surface area contributed by atoms with Crippen molar-refractivity contribution in [3.05, 3.63) is 76.6 Å². The summed E-state index contributed by atoms with van der Waals surface area (Å²) in [4.78, 5) is 31.2. The number of rotatable bonds is 6. The summed E-state index contributed by atoms with van der Waals surface area (Å²) in [6.45, 7) is 1.85. The molecule has 1 aromatic heterocycles. The van der Waals surface area contributed by atoms with E-state index in [2.05, 4.69) is 10.3 Å². The molecule has 0 saturated carbocycles. The summed E-state index contributed by atoms with van der Waals surface area (Å²) in [5.41, 5.74) is 0.283. The number of benzene rings is 2. The number of amides is 1. The van der Waals surface area contributed by atoms with Gasteiger partial charge in [0, 0.05) is 19.6 Å². The number of nitrogens with zero attached hydrogens (tertiary/aromatic N) is 3. The Hall–Kier alpha value is -3.10. The second kappa shape index (κ2) is 8.95. The summed E-state index contributed by atoms with van der Waals surface area (Å²) >= 11 is 0. The number of hydrogen-bond acceptors (Lipinski definition) is 5. The molecule has 0 spiro atoms. The van der Waals surface area contributed by atoms with E-state index in [1.807, 2.05) is 11.0 Å². The highest BCUT2D eigenvalue weighted by Gasteiger charge is 2.33. The fourth-order valence-corrected chi connectivity index (χ4v) is 3.88. The van der Waals surface area contributed by atoms with Crippen molar-refractivity contribution in [1.82, 2.24) is 19.8 Å². The molecule has 1 fully saturated rings. The van der Waals surface area contributed by atoms with Gasteiger partial charge in [0.05, 0.1) is 35.9 Å². The molecule has 0 aliphatic carbocycles. The molecule has 0 radical (unpaired) electrons. The Balaban J connectivity index is 1.29. The van der Waals surface area contributed by atoms with Gasteiger partial charge in [-0.25, -0.2) is 9.37 Å². The van der Waals surface area contributed by atoms with E-state index in [-0.39, 0.29) is 30.4 Å². The van der Waals surface area contributed by atoms with Gasteiger partial charge in [-0.3, -0.25) is 19.1 Å². The highest BCUT2D eigenvalue weighted by Crippen LogP contribution is 2.23. The lowest BCUT2D eigenvalue weighted by atomic mass is 9.91. The molecule has 1 aliphatic rings. The van der Waals surface area contributed by atoms with Crippen LogP contribution in [-0.4, -0.2) is 50.7 Å². The minimum Gasteiger partial charge on any atom is -0.388 e. The molecule has 31 heavy (non-hydrogen) atoms. The number of likely N-dealkylation sites (tertiary alicyclic amines) is 1. The fraction of sp³-hybridized carbons (Fsp3) is 0.348. The van der Waals surface area contributed by atoms with Crippen LogP contribution >= 0.6 is 0 Å². The first-order valence-corrected chi connectivity index (χ1v) is 10.3. The minimum atomic E-state index is -1.02. The topological polar surface area (TPSA) is 87.5 Å². The standard InChI is InChI=1S/C23H25FN4O3/c24-18-7-5-17(6-8-18)13-25-21(29)14-27-11-9-23(31,10-12-27)15-28-16-26-20-4-2-1-3-19(20)22(28)30/h1-8,16,31H,9-15H2,(H,25,29). The average Bonchev–Trinajstić information content (AvgIpc) is 2.77. The van der Waals surface area contributed by atoms with Crippen molar-refractivity contribution < 1.29 is 14.3 Å². The van der Waals surface area contributed by atoms with Crippen LogP contribution in [0.5, 0.6) is 0 Å². The molecule has 1 saturated heterocycles. The van der Waals surface area contributed by atoms with Crippen molar-refractivity contribution in [2.45, 2.75) is 31.5 Å². The molecule has 0 atom stereocenters. The predicted molar refractivity (Wildman–Crippen MR) is 115 cm³/mol. The second-order valence-electron chi connectivity index (χ2n) is 8.10. The predicted octanol–water partition coefficient (Wildman–Crippen LogP) is 1.68. The van der Waals surface area contributed by atoms with Gasteiger partial charge in [0.15, 0.2) is 0 Å². The monoisotopic (exact) mass is 424 g/mol. The normalized spacial score (nSPS) is 16.3. The summed E-state index contributed by atoms with van der Waals surface area (Å²) in [7, 11) is 0. The Labute approximate surface area is 179 Å². The summed E-state index contributed by atoms with van der Waals surface area (Å²) in [5.74, 6) is -0.428. The lowest BCUT2D eigenvalue weighted by Gasteiger charge is -2.38. The van der Waals surface area contributed by atoms with Gasteiger partial charge in [-0.15, -0.1) is 0 Å². The molecule has 1 amide bonds.